The largest absolute Gasteiger partial charge is 0.480 e. The third-order valence-electron chi connectivity index (χ3n) is 4.39. The van der Waals surface area contributed by atoms with Crippen LogP contribution >= 0.6 is 11.6 Å². The second kappa shape index (κ2) is 6.67. The number of carboxylic acids is 1. The summed E-state index contributed by atoms with van der Waals surface area (Å²) in [7, 11) is 1.53. The van der Waals surface area contributed by atoms with E-state index in [1.54, 1.807) is 12.1 Å². The summed E-state index contributed by atoms with van der Waals surface area (Å²) < 4.78 is 5.39. The number of amides is 1. The number of hydrogen-bond acceptors (Lipinski definition) is 3. The monoisotopic (exact) mass is 325 g/mol. The third-order valence-corrected chi connectivity index (χ3v) is 4.63. The summed E-state index contributed by atoms with van der Waals surface area (Å²) in [6.07, 6.45) is 1.03. The minimum atomic E-state index is -1.02. The van der Waals surface area contributed by atoms with E-state index in [2.05, 4.69) is 0 Å². The lowest BCUT2D eigenvalue weighted by molar-refractivity contribution is -0.152. The van der Waals surface area contributed by atoms with Gasteiger partial charge >= 0.3 is 5.97 Å². The Morgan fingerprint density at radius 3 is 2.55 bits per heavy atom. The Kier molecular flexibility index (Phi) is 5.08. The quantitative estimate of drug-likeness (QED) is 0.922. The molecule has 1 atom stereocenters. The van der Waals surface area contributed by atoms with Gasteiger partial charge < -0.3 is 14.7 Å². The molecule has 5 nitrogen and oxygen atoms in total. The fraction of sp³-hybridized carbons (Fsp3) is 0.500. The average Bonchev–Trinajstić information content (AvgIpc) is 2.53. The summed E-state index contributed by atoms with van der Waals surface area (Å²) >= 11 is 6.07. The van der Waals surface area contributed by atoms with Gasteiger partial charge in [-0.25, -0.2) is 4.79 Å². The van der Waals surface area contributed by atoms with Gasteiger partial charge in [0.2, 0.25) is 5.91 Å². The number of halogens is 1. The highest BCUT2D eigenvalue weighted by atomic mass is 35.5. The maximum absolute atomic E-state index is 13.0. The van der Waals surface area contributed by atoms with E-state index in [-0.39, 0.29) is 5.91 Å². The number of carbonyl (C=O) groups is 2. The van der Waals surface area contributed by atoms with Gasteiger partial charge in [0.25, 0.3) is 0 Å². The number of hydrogen-bond donors (Lipinski definition) is 1. The first-order valence-electron chi connectivity index (χ1n) is 7.22. The van der Waals surface area contributed by atoms with E-state index in [1.807, 2.05) is 12.1 Å². The molecular formula is C16H20ClNO4. The van der Waals surface area contributed by atoms with Crippen molar-refractivity contribution < 1.29 is 19.4 Å². The van der Waals surface area contributed by atoms with Crippen molar-refractivity contribution in [1.29, 1.82) is 0 Å². The number of carbonyl (C=O) groups excluding carboxylic acids is 1. The molecule has 1 N–H and O–H groups in total. The van der Waals surface area contributed by atoms with Gasteiger partial charge in [-0.1, -0.05) is 23.7 Å². The second-order valence-electron chi connectivity index (χ2n) is 5.64. The minimum absolute atomic E-state index is 0.201. The zero-order valence-electron chi connectivity index (χ0n) is 12.7. The van der Waals surface area contributed by atoms with Gasteiger partial charge in [-0.3, -0.25) is 4.79 Å². The summed E-state index contributed by atoms with van der Waals surface area (Å²) in [6.45, 7) is 2.44. The molecular weight excluding hydrogens is 306 g/mol. The smallest absolute Gasteiger partial charge is 0.326 e. The summed E-state index contributed by atoms with van der Waals surface area (Å²) in [4.78, 5) is 25.5. The van der Waals surface area contributed by atoms with Crippen LogP contribution in [0.3, 0.4) is 0 Å². The first kappa shape index (κ1) is 16.8. The Morgan fingerprint density at radius 2 is 2.00 bits per heavy atom. The lowest BCUT2D eigenvalue weighted by Gasteiger charge is -2.40. The fourth-order valence-electron chi connectivity index (χ4n) is 2.81. The molecule has 1 aliphatic heterocycles. The van der Waals surface area contributed by atoms with Crippen molar-refractivity contribution in [2.24, 2.45) is 0 Å². The van der Waals surface area contributed by atoms with Crippen molar-refractivity contribution in [3.8, 4) is 0 Å². The van der Waals surface area contributed by atoms with Crippen LogP contribution in [0.5, 0.6) is 0 Å². The molecule has 0 saturated carbocycles. The lowest BCUT2D eigenvalue weighted by Crippen LogP contribution is -2.52. The second-order valence-corrected chi connectivity index (χ2v) is 6.07. The van der Waals surface area contributed by atoms with Crippen molar-refractivity contribution in [2.75, 3.05) is 20.3 Å². The number of rotatable bonds is 4. The molecule has 6 heteroatoms. The van der Waals surface area contributed by atoms with Crippen LogP contribution in [-0.2, 0) is 19.7 Å². The van der Waals surface area contributed by atoms with E-state index >= 15 is 0 Å². The van der Waals surface area contributed by atoms with Gasteiger partial charge in [0.15, 0.2) is 0 Å². The summed E-state index contributed by atoms with van der Waals surface area (Å²) in [5, 5.41) is 9.72. The summed E-state index contributed by atoms with van der Waals surface area (Å²) in [6, 6.07) is 6.33. The van der Waals surface area contributed by atoms with Crippen LogP contribution in [0.2, 0.25) is 5.02 Å². The van der Waals surface area contributed by atoms with Crippen LogP contribution in [-0.4, -0.2) is 48.2 Å². The van der Waals surface area contributed by atoms with E-state index in [0.29, 0.717) is 31.1 Å². The Morgan fingerprint density at radius 1 is 1.36 bits per heavy atom. The average molecular weight is 326 g/mol. The Bertz CT molecular complexity index is 569. The van der Waals surface area contributed by atoms with Gasteiger partial charge in [0.1, 0.15) is 6.04 Å². The molecule has 0 bridgehead atoms. The van der Waals surface area contributed by atoms with Gasteiger partial charge in [-0.05, 0) is 37.5 Å². The standard InChI is InChI=1S/C16H20ClNO4/c1-11(14(19)20)18(2)15(21)16(6-8-22-9-7-16)12-4-3-5-13(17)10-12/h3-5,10-11H,6-9H2,1-2H3,(H,19,20). The van der Waals surface area contributed by atoms with Crippen molar-refractivity contribution in [3.05, 3.63) is 34.9 Å². The highest BCUT2D eigenvalue weighted by Crippen LogP contribution is 2.37. The van der Waals surface area contributed by atoms with Crippen molar-refractivity contribution in [2.45, 2.75) is 31.2 Å². The first-order valence-corrected chi connectivity index (χ1v) is 7.60. The predicted molar refractivity (Wildman–Crippen MR) is 83.1 cm³/mol. The van der Waals surface area contributed by atoms with Crippen LogP contribution in [0, 0.1) is 0 Å². The fourth-order valence-corrected chi connectivity index (χ4v) is 3.00. The molecule has 0 aromatic heterocycles. The number of carboxylic acid groups (broad SMARTS) is 1. The van der Waals surface area contributed by atoms with Crippen molar-refractivity contribution in [3.63, 3.8) is 0 Å². The Labute approximate surface area is 134 Å². The van der Waals surface area contributed by atoms with Gasteiger partial charge in [-0.2, -0.15) is 0 Å². The van der Waals surface area contributed by atoms with Crippen LogP contribution in [0.1, 0.15) is 25.3 Å². The van der Waals surface area contributed by atoms with Crippen molar-refractivity contribution in [1.82, 2.24) is 4.90 Å². The zero-order valence-corrected chi connectivity index (χ0v) is 13.5. The molecule has 22 heavy (non-hydrogen) atoms. The molecule has 0 radical (unpaired) electrons. The number of nitrogens with zero attached hydrogens (tertiary/aromatic N) is 1. The molecule has 120 valence electrons. The Balaban J connectivity index is 2.41. The number of benzene rings is 1. The molecule has 1 heterocycles. The molecule has 1 aliphatic rings. The molecule has 1 aromatic rings. The van der Waals surface area contributed by atoms with Gasteiger partial charge in [-0.15, -0.1) is 0 Å². The van der Waals surface area contributed by atoms with E-state index in [9.17, 15) is 9.59 Å². The van der Waals surface area contributed by atoms with E-state index in [0.717, 1.165) is 5.56 Å². The summed E-state index contributed by atoms with van der Waals surface area (Å²) in [5.41, 5.74) is 0.0412. The molecule has 1 amide bonds. The molecule has 1 fully saturated rings. The third kappa shape index (κ3) is 3.10. The first-order chi connectivity index (χ1) is 10.4. The van der Waals surface area contributed by atoms with Crippen LogP contribution in [0.25, 0.3) is 0 Å². The molecule has 2 rings (SSSR count). The number of ether oxygens (including phenoxy) is 1. The topological polar surface area (TPSA) is 66.8 Å². The molecule has 1 saturated heterocycles. The number of aliphatic carboxylic acids is 1. The molecule has 0 spiro atoms. The maximum Gasteiger partial charge on any atom is 0.326 e. The molecule has 1 aromatic carbocycles. The normalized spacial score (nSPS) is 18.5. The van der Waals surface area contributed by atoms with Gasteiger partial charge in [0, 0.05) is 25.3 Å². The van der Waals surface area contributed by atoms with Gasteiger partial charge in [0.05, 0.1) is 5.41 Å². The highest BCUT2D eigenvalue weighted by Gasteiger charge is 2.44. The molecule has 1 unspecified atom stereocenters. The maximum atomic E-state index is 13.0. The van der Waals surface area contributed by atoms with E-state index < -0.39 is 17.4 Å². The van der Waals surface area contributed by atoms with E-state index in [1.165, 1.54) is 18.9 Å². The van der Waals surface area contributed by atoms with Crippen LogP contribution in [0.4, 0.5) is 0 Å². The zero-order chi connectivity index (χ0) is 16.3. The number of likely N-dealkylation sites (N-methyl/N-ethyl adjacent to an activating group) is 1. The summed E-state index contributed by atoms with van der Waals surface area (Å²) in [5.74, 6) is -1.22. The lowest BCUT2D eigenvalue weighted by atomic mass is 9.73. The van der Waals surface area contributed by atoms with E-state index in [4.69, 9.17) is 21.4 Å². The predicted octanol–water partition coefficient (Wildman–Crippen LogP) is 2.32. The SMILES string of the molecule is CC(C(=O)O)N(C)C(=O)C1(c2cccc(Cl)c2)CCOCC1. The van der Waals surface area contributed by atoms with Crippen LogP contribution < -0.4 is 0 Å². The van der Waals surface area contributed by atoms with Crippen LogP contribution in [0.15, 0.2) is 24.3 Å². The minimum Gasteiger partial charge on any atom is -0.480 e. The highest BCUT2D eigenvalue weighted by molar-refractivity contribution is 6.30. The Hall–Kier alpha value is -1.59. The molecule has 0 aliphatic carbocycles. The van der Waals surface area contributed by atoms with Crippen molar-refractivity contribution >= 4 is 23.5 Å².